The van der Waals surface area contributed by atoms with Gasteiger partial charge in [-0.3, -0.25) is 10.1 Å². The van der Waals surface area contributed by atoms with Crippen molar-refractivity contribution in [3.8, 4) is 0 Å². The molecule has 1 saturated heterocycles. The van der Waals surface area contributed by atoms with Crippen molar-refractivity contribution in [2.75, 3.05) is 42.8 Å². The average molecular weight is 465 g/mol. The van der Waals surface area contributed by atoms with Crippen LogP contribution in [-0.2, 0) is 16.8 Å². The maximum absolute atomic E-state index is 13.5. The summed E-state index contributed by atoms with van der Waals surface area (Å²) >= 11 is 0. The predicted octanol–water partition coefficient (Wildman–Crippen LogP) is 3.65. The van der Waals surface area contributed by atoms with Crippen LogP contribution in [-0.4, -0.2) is 66.0 Å². The smallest absolute Gasteiger partial charge is 0.332 e. The summed E-state index contributed by atoms with van der Waals surface area (Å²) in [6.45, 7) is 8.97. The van der Waals surface area contributed by atoms with Crippen molar-refractivity contribution in [1.82, 2.24) is 14.8 Å². The Labute approximate surface area is 200 Å². The number of likely N-dealkylation sites (N-methyl/N-ethyl adjacent to an activating group) is 1. The number of pyridine rings is 1. The molecule has 1 fully saturated rings. The zero-order valence-corrected chi connectivity index (χ0v) is 20.8. The summed E-state index contributed by atoms with van der Waals surface area (Å²) in [7, 11) is 5.31. The lowest BCUT2D eigenvalue weighted by Gasteiger charge is -2.27. The van der Waals surface area contributed by atoms with E-state index in [-0.39, 0.29) is 29.9 Å². The fourth-order valence-corrected chi connectivity index (χ4v) is 4.68. The summed E-state index contributed by atoms with van der Waals surface area (Å²) in [5.74, 6) is 0.112. The summed E-state index contributed by atoms with van der Waals surface area (Å²) in [5, 5.41) is 2.71. The van der Waals surface area contributed by atoms with Gasteiger partial charge in [-0.25, -0.2) is 19.5 Å². The van der Waals surface area contributed by atoms with E-state index in [1.165, 1.54) is 15.4 Å². The quantitative estimate of drug-likeness (QED) is 0.698. The maximum Gasteiger partial charge on any atom is 0.332 e. The predicted molar refractivity (Wildman–Crippen MR) is 132 cm³/mol. The van der Waals surface area contributed by atoms with Crippen LogP contribution >= 0.6 is 0 Å². The summed E-state index contributed by atoms with van der Waals surface area (Å²) in [6, 6.07) is 8.63. The molecule has 5 amide bonds. The lowest BCUT2D eigenvalue weighted by Crippen LogP contribution is -2.43. The highest BCUT2D eigenvalue weighted by molar-refractivity contribution is 6.23. The Balaban J connectivity index is 1.62. The van der Waals surface area contributed by atoms with Gasteiger partial charge in [0.1, 0.15) is 11.4 Å². The molecule has 0 atom stereocenters. The number of anilines is 3. The second-order valence-corrected chi connectivity index (χ2v) is 10.4. The van der Waals surface area contributed by atoms with Gasteiger partial charge in [0.2, 0.25) is 0 Å². The van der Waals surface area contributed by atoms with E-state index in [0.717, 1.165) is 17.8 Å². The van der Waals surface area contributed by atoms with Crippen LogP contribution in [0.15, 0.2) is 36.5 Å². The Morgan fingerprint density at radius 3 is 2.50 bits per heavy atom. The van der Waals surface area contributed by atoms with Crippen molar-refractivity contribution in [1.29, 1.82) is 0 Å². The number of aromatic nitrogens is 1. The van der Waals surface area contributed by atoms with Gasteiger partial charge in [0, 0.05) is 51.5 Å². The topological polar surface area (TPSA) is 89.1 Å². The molecule has 9 heteroatoms. The first-order valence-corrected chi connectivity index (χ1v) is 11.3. The molecule has 0 radical (unpaired) electrons. The van der Waals surface area contributed by atoms with Crippen LogP contribution in [0.2, 0.25) is 0 Å². The number of benzene rings is 1. The Morgan fingerprint density at radius 2 is 1.82 bits per heavy atom. The van der Waals surface area contributed by atoms with Gasteiger partial charge < -0.3 is 14.7 Å². The standard InChI is InChI=1S/C25H32N6O3/c1-24(2)15-29(7)19-13-17(8-9-18(19)24)31-21(32)25(3,4)30(23(31)34)14-16-10-11-26-20(12-16)27-22(33)28(5)6/h8-13H,14-15H2,1-7H3,(H,26,27,33). The summed E-state index contributed by atoms with van der Waals surface area (Å²) in [4.78, 5) is 49.5. The van der Waals surface area contributed by atoms with Crippen molar-refractivity contribution in [3.63, 3.8) is 0 Å². The second-order valence-electron chi connectivity index (χ2n) is 10.4. The molecule has 4 rings (SSSR count). The minimum atomic E-state index is -1.03. The van der Waals surface area contributed by atoms with Gasteiger partial charge in [0.15, 0.2) is 0 Å². The highest BCUT2D eigenvalue weighted by Crippen LogP contribution is 2.43. The normalized spacial score (nSPS) is 18.4. The molecular weight excluding hydrogens is 432 g/mol. The van der Waals surface area contributed by atoms with Gasteiger partial charge in [-0.2, -0.15) is 0 Å². The number of hydrogen-bond acceptors (Lipinski definition) is 5. The van der Waals surface area contributed by atoms with E-state index < -0.39 is 5.54 Å². The van der Waals surface area contributed by atoms with Gasteiger partial charge in [0.05, 0.1) is 5.69 Å². The summed E-state index contributed by atoms with van der Waals surface area (Å²) in [6.07, 6.45) is 1.58. The largest absolute Gasteiger partial charge is 0.373 e. The number of carbonyl (C=O) groups excluding carboxylic acids is 3. The number of hydrogen-bond donors (Lipinski definition) is 1. The fraction of sp³-hybridized carbons (Fsp3) is 0.440. The van der Waals surface area contributed by atoms with Gasteiger partial charge >= 0.3 is 12.1 Å². The lowest BCUT2D eigenvalue weighted by atomic mass is 9.87. The first-order chi connectivity index (χ1) is 15.8. The lowest BCUT2D eigenvalue weighted by molar-refractivity contribution is -0.123. The number of nitrogens with one attached hydrogen (secondary N) is 1. The second kappa shape index (κ2) is 8.00. The van der Waals surface area contributed by atoms with Crippen LogP contribution in [0.4, 0.5) is 26.8 Å². The van der Waals surface area contributed by atoms with Gasteiger partial charge in [-0.1, -0.05) is 19.9 Å². The molecular formula is C25H32N6O3. The summed E-state index contributed by atoms with van der Waals surface area (Å²) < 4.78 is 0. The molecule has 1 aromatic heterocycles. The number of nitrogens with zero attached hydrogens (tertiary/aromatic N) is 5. The highest BCUT2D eigenvalue weighted by Gasteiger charge is 2.52. The molecule has 3 heterocycles. The average Bonchev–Trinajstić information content (AvgIpc) is 3.08. The van der Waals surface area contributed by atoms with E-state index in [1.807, 2.05) is 25.2 Å². The van der Waals surface area contributed by atoms with E-state index >= 15 is 0 Å². The molecule has 0 unspecified atom stereocenters. The zero-order valence-electron chi connectivity index (χ0n) is 20.8. The molecule has 180 valence electrons. The molecule has 0 bridgehead atoms. The van der Waals surface area contributed by atoms with Crippen molar-refractivity contribution < 1.29 is 14.4 Å². The van der Waals surface area contributed by atoms with Crippen molar-refractivity contribution in [2.24, 2.45) is 0 Å². The third-order valence-electron chi connectivity index (χ3n) is 6.64. The van der Waals surface area contributed by atoms with Gasteiger partial charge in [-0.15, -0.1) is 0 Å². The van der Waals surface area contributed by atoms with Crippen LogP contribution in [0.5, 0.6) is 0 Å². The van der Waals surface area contributed by atoms with E-state index in [4.69, 9.17) is 0 Å². The van der Waals surface area contributed by atoms with Crippen molar-refractivity contribution in [3.05, 3.63) is 47.7 Å². The SMILES string of the molecule is CN(C)C(=O)Nc1cc(CN2C(=O)N(c3ccc4c(c3)N(C)CC4(C)C)C(=O)C2(C)C)ccn1. The molecule has 0 spiro atoms. The van der Waals surface area contributed by atoms with E-state index in [9.17, 15) is 14.4 Å². The van der Waals surface area contributed by atoms with Crippen molar-refractivity contribution >= 4 is 35.2 Å². The molecule has 2 aliphatic rings. The number of carbonyl (C=O) groups is 3. The first-order valence-electron chi connectivity index (χ1n) is 11.3. The third-order valence-corrected chi connectivity index (χ3v) is 6.64. The van der Waals surface area contributed by atoms with Crippen LogP contribution in [0.3, 0.4) is 0 Å². The Bertz CT molecular complexity index is 1170. The van der Waals surface area contributed by atoms with Crippen LogP contribution in [0.25, 0.3) is 0 Å². The number of amides is 5. The molecule has 0 saturated carbocycles. The molecule has 2 aliphatic heterocycles. The number of urea groups is 2. The number of fused-ring (bicyclic) bond motifs is 1. The zero-order chi connectivity index (χ0) is 25.0. The van der Waals surface area contributed by atoms with E-state index in [0.29, 0.717) is 11.5 Å². The molecule has 34 heavy (non-hydrogen) atoms. The monoisotopic (exact) mass is 464 g/mol. The Morgan fingerprint density at radius 1 is 1.12 bits per heavy atom. The maximum atomic E-state index is 13.5. The molecule has 0 aliphatic carbocycles. The van der Waals surface area contributed by atoms with Crippen LogP contribution in [0.1, 0.15) is 38.8 Å². The first kappa shape index (κ1) is 23.5. The Hall–Kier alpha value is -3.62. The van der Waals surface area contributed by atoms with Crippen LogP contribution in [0, 0.1) is 0 Å². The minimum Gasteiger partial charge on any atom is -0.373 e. The van der Waals surface area contributed by atoms with E-state index in [1.54, 1.807) is 51.2 Å². The number of imide groups is 1. The minimum absolute atomic E-state index is 0.00794. The molecule has 1 N–H and O–H groups in total. The third kappa shape index (κ3) is 3.85. The molecule has 9 nitrogen and oxygen atoms in total. The van der Waals surface area contributed by atoms with Crippen molar-refractivity contribution in [2.45, 2.75) is 45.2 Å². The summed E-state index contributed by atoms with van der Waals surface area (Å²) in [5.41, 5.74) is 2.55. The van der Waals surface area contributed by atoms with Crippen LogP contribution < -0.4 is 15.1 Å². The number of rotatable bonds is 4. The molecule has 2 aromatic rings. The fourth-order valence-electron chi connectivity index (χ4n) is 4.68. The van der Waals surface area contributed by atoms with Gasteiger partial charge in [-0.05, 0) is 49.2 Å². The highest BCUT2D eigenvalue weighted by atomic mass is 16.2. The molecule has 1 aromatic carbocycles. The van der Waals surface area contributed by atoms with E-state index in [2.05, 4.69) is 29.0 Å². The van der Waals surface area contributed by atoms with Gasteiger partial charge in [0.25, 0.3) is 5.91 Å². The Kier molecular flexibility index (Phi) is 5.54.